The van der Waals surface area contributed by atoms with Gasteiger partial charge in [-0.25, -0.2) is 4.98 Å². The molecule has 1 aliphatic heterocycles. The van der Waals surface area contributed by atoms with Crippen LogP contribution >= 0.6 is 11.3 Å². The number of nitrogens with zero attached hydrogens (tertiary/aromatic N) is 2. The van der Waals surface area contributed by atoms with Crippen molar-refractivity contribution < 1.29 is 33.9 Å². The summed E-state index contributed by atoms with van der Waals surface area (Å²) in [7, 11) is 0. The predicted octanol–water partition coefficient (Wildman–Crippen LogP) is -1.75. The van der Waals surface area contributed by atoms with E-state index in [4.69, 9.17) is 0 Å². The van der Waals surface area contributed by atoms with Crippen LogP contribution in [0, 0.1) is 5.92 Å². The van der Waals surface area contributed by atoms with Crippen LogP contribution in [0.2, 0.25) is 0 Å². The Balaban J connectivity index is 0.00000180. The molecular weight excluding hydrogens is 273 g/mol. The minimum atomic E-state index is -0.0989. The van der Waals surface area contributed by atoms with E-state index in [1.165, 1.54) is 18.3 Å². The standard InChI is InChI=1S/C12H16N3O2S.Li.H2O/c1-9(17)14-12-13-6-11(18-12)7-15-4-2-10(8-16)3-5-15;;/h6,10H,2-5,7H2,1H3,(H,13,14,17);;1H2/q-1;+1;/p-1. The number of thiazole rings is 1. The molecule has 0 radical (unpaired) electrons. The van der Waals surface area contributed by atoms with Gasteiger partial charge in [-0.05, 0) is 13.1 Å². The molecule has 2 heterocycles. The van der Waals surface area contributed by atoms with Gasteiger partial charge in [0.1, 0.15) is 0 Å². The van der Waals surface area contributed by atoms with E-state index in [-0.39, 0.29) is 36.2 Å². The average Bonchev–Trinajstić information content (AvgIpc) is 2.76. The maximum Gasteiger partial charge on any atom is 1.00 e. The van der Waals surface area contributed by atoms with Crippen LogP contribution in [0.15, 0.2) is 6.20 Å². The molecule has 20 heavy (non-hydrogen) atoms. The number of carbonyl (C=O) groups excluding carboxylic acids is 2. The number of hydrogen-bond acceptors (Lipinski definition) is 6. The van der Waals surface area contributed by atoms with Crippen LogP contribution < -0.4 is 24.2 Å². The van der Waals surface area contributed by atoms with Gasteiger partial charge in [0.25, 0.3) is 0 Å². The van der Waals surface area contributed by atoms with E-state index >= 15 is 0 Å². The number of amides is 1. The summed E-state index contributed by atoms with van der Waals surface area (Å²) in [4.78, 5) is 29.0. The number of anilines is 1. The van der Waals surface area contributed by atoms with E-state index in [0.717, 1.165) is 37.4 Å². The number of rotatable bonds is 4. The molecule has 2 N–H and O–H groups in total. The second-order valence-electron chi connectivity index (χ2n) is 4.48. The molecule has 6 nitrogen and oxygen atoms in total. The monoisotopic (exact) mass is 290 g/mol. The fraction of sp³-hybridized carbons (Fsp3) is 0.583. The normalized spacial score (nSPS) is 15.8. The molecule has 2 rings (SSSR count). The summed E-state index contributed by atoms with van der Waals surface area (Å²) in [6, 6.07) is 0. The third kappa shape index (κ3) is 5.73. The summed E-state index contributed by atoms with van der Waals surface area (Å²) in [5, 5.41) is 3.32. The van der Waals surface area contributed by atoms with Gasteiger partial charge in [0.2, 0.25) is 5.91 Å². The number of likely N-dealkylation sites (tertiary alicyclic amines) is 1. The van der Waals surface area contributed by atoms with Gasteiger partial charge >= 0.3 is 18.9 Å². The minimum Gasteiger partial charge on any atom is -0.870 e. The number of piperidine rings is 1. The zero-order chi connectivity index (χ0) is 13.0. The first-order valence-electron chi connectivity index (χ1n) is 5.99. The summed E-state index contributed by atoms with van der Waals surface area (Å²) in [6.07, 6.45) is 5.66. The summed E-state index contributed by atoms with van der Waals surface area (Å²) < 4.78 is 0. The quantitative estimate of drug-likeness (QED) is 0.524. The third-order valence-corrected chi connectivity index (χ3v) is 3.87. The molecule has 1 aromatic heterocycles. The molecule has 1 saturated heterocycles. The fourth-order valence-corrected chi connectivity index (χ4v) is 2.92. The zero-order valence-corrected chi connectivity index (χ0v) is 12.6. The van der Waals surface area contributed by atoms with Crippen molar-refractivity contribution in [3.8, 4) is 0 Å². The van der Waals surface area contributed by atoms with Crippen molar-refractivity contribution >= 4 is 28.7 Å². The van der Waals surface area contributed by atoms with Crippen LogP contribution in [-0.2, 0) is 16.1 Å². The van der Waals surface area contributed by atoms with Crippen LogP contribution in [0.1, 0.15) is 24.6 Å². The molecule has 106 valence electrons. The zero-order valence-electron chi connectivity index (χ0n) is 11.8. The topological polar surface area (TPSA) is 92.3 Å². The molecule has 0 bridgehead atoms. The Bertz CT molecular complexity index is 433. The first kappa shape index (κ1) is 19.3. The van der Waals surface area contributed by atoms with Gasteiger partial charge in [0.15, 0.2) is 5.13 Å². The van der Waals surface area contributed by atoms with Crippen molar-refractivity contribution in [1.82, 2.24) is 9.88 Å². The Morgan fingerprint density at radius 3 is 2.75 bits per heavy atom. The minimum absolute atomic E-state index is 0. The third-order valence-electron chi connectivity index (χ3n) is 2.97. The molecule has 8 heteroatoms. The first-order valence-corrected chi connectivity index (χ1v) is 6.81. The van der Waals surface area contributed by atoms with Crippen LogP contribution in [0.25, 0.3) is 0 Å². The second-order valence-corrected chi connectivity index (χ2v) is 5.60. The van der Waals surface area contributed by atoms with Gasteiger partial charge in [-0.1, -0.05) is 12.8 Å². The van der Waals surface area contributed by atoms with E-state index in [0.29, 0.717) is 5.13 Å². The summed E-state index contributed by atoms with van der Waals surface area (Å²) in [5.74, 6) is 0.0101. The van der Waals surface area contributed by atoms with Crippen molar-refractivity contribution in [3.05, 3.63) is 11.1 Å². The Morgan fingerprint density at radius 2 is 2.20 bits per heavy atom. The SMILES string of the molecule is CC(=O)Nc1ncc(CN2CCC([C-]=O)CC2)s1.[Li+].[OH-]. The Morgan fingerprint density at radius 1 is 1.55 bits per heavy atom. The summed E-state index contributed by atoms with van der Waals surface area (Å²) in [6.45, 7) is 4.16. The smallest absolute Gasteiger partial charge is 0.870 e. The van der Waals surface area contributed by atoms with Gasteiger partial charge < -0.3 is 15.6 Å². The molecule has 0 aromatic carbocycles. The molecular formula is C12H17LiN3O3S-. The van der Waals surface area contributed by atoms with E-state index in [9.17, 15) is 9.59 Å². The Kier molecular flexibility index (Phi) is 8.93. The predicted molar refractivity (Wildman–Crippen MR) is 72.0 cm³/mol. The van der Waals surface area contributed by atoms with Gasteiger partial charge in [0, 0.05) is 24.5 Å². The molecule has 0 atom stereocenters. The molecule has 0 saturated carbocycles. The number of nitrogens with one attached hydrogen (secondary N) is 1. The maximum atomic E-state index is 10.9. The first-order chi connectivity index (χ1) is 8.67. The van der Waals surface area contributed by atoms with Crippen molar-refractivity contribution in [3.63, 3.8) is 0 Å². The number of aromatic nitrogens is 1. The van der Waals surface area contributed by atoms with Gasteiger partial charge in [0.05, 0.1) is 0 Å². The molecule has 1 aliphatic rings. The largest absolute Gasteiger partial charge is 1.00 e. The molecule has 1 aromatic rings. The van der Waals surface area contributed by atoms with Gasteiger partial charge in [-0.15, -0.1) is 17.3 Å². The number of carbonyl (C=O) groups is 1. The molecule has 0 unspecified atom stereocenters. The van der Waals surface area contributed by atoms with E-state index in [1.807, 2.05) is 0 Å². The van der Waals surface area contributed by atoms with Crippen molar-refractivity contribution in [1.29, 1.82) is 0 Å². The van der Waals surface area contributed by atoms with E-state index in [2.05, 4.69) is 21.5 Å². The van der Waals surface area contributed by atoms with Crippen molar-refractivity contribution in [2.24, 2.45) is 5.92 Å². The van der Waals surface area contributed by atoms with Crippen molar-refractivity contribution in [2.45, 2.75) is 26.3 Å². The second kappa shape index (κ2) is 9.27. The van der Waals surface area contributed by atoms with E-state index < -0.39 is 0 Å². The Hall–Kier alpha value is -0.713. The van der Waals surface area contributed by atoms with E-state index in [1.54, 1.807) is 6.20 Å². The maximum absolute atomic E-state index is 10.9. The molecule has 0 spiro atoms. The van der Waals surface area contributed by atoms with Crippen LogP contribution in [0.5, 0.6) is 0 Å². The van der Waals surface area contributed by atoms with Gasteiger partial charge in [-0.3, -0.25) is 16.0 Å². The summed E-state index contributed by atoms with van der Waals surface area (Å²) in [5.41, 5.74) is 0. The molecule has 1 amide bonds. The van der Waals surface area contributed by atoms with Crippen molar-refractivity contribution in [2.75, 3.05) is 18.4 Å². The fourth-order valence-electron chi connectivity index (χ4n) is 2.02. The van der Waals surface area contributed by atoms with Crippen LogP contribution in [-0.4, -0.2) is 40.6 Å². The van der Waals surface area contributed by atoms with Crippen LogP contribution in [0.4, 0.5) is 5.13 Å². The van der Waals surface area contributed by atoms with Gasteiger partial charge in [-0.2, -0.15) is 0 Å². The average molecular weight is 290 g/mol. The molecule has 0 aliphatic carbocycles. The van der Waals surface area contributed by atoms with Crippen LogP contribution in [0.3, 0.4) is 0 Å². The Labute approximate surface area is 134 Å². The number of hydrogen-bond donors (Lipinski definition) is 1. The summed E-state index contributed by atoms with van der Waals surface area (Å²) >= 11 is 1.50. The molecule has 1 fully saturated rings.